The number of carbonyl (C=O) groups is 1. The summed E-state index contributed by atoms with van der Waals surface area (Å²) in [7, 11) is 0. The second kappa shape index (κ2) is 8.28. The first kappa shape index (κ1) is 21.8. The molecule has 0 aliphatic carbocycles. The van der Waals surface area contributed by atoms with E-state index < -0.39 is 17.6 Å². The first-order chi connectivity index (χ1) is 15.1. The van der Waals surface area contributed by atoms with Crippen molar-refractivity contribution in [3.63, 3.8) is 0 Å². The minimum atomic E-state index is -4.55. The van der Waals surface area contributed by atoms with Crippen molar-refractivity contribution in [3.8, 4) is 11.3 Å². The van der Waals surface area contributed by atoms with Crippen molar-refractivity contribution in [2.75, 3.05) is 5.32 Å². The first-order valence-corrected chi connectivity index (χ1v) is 10.2. The predicted octanol–water partition coefficient (Wildman–Crippen LogP) is 7.44. The number of nitrogens with zero attached hydrogens (tertiary/aromatic N) is 1. The van der Waals surface area contributed by atoms with E-state index in [1.165, 1.54) is 0 Å². The fraction of sp³-hybridized carbons (Fsp3) is 0.120. The molecular weight excluding hydrogens is 437 g/mol. The van der Waals surface area contributed by atoms with Gasteiger partial charge in [-0.15, -0.1) is 0 Å². The third-order valence-corrected chi connectivity index (χ3v) is 5.56. The molecule has 7 heteroatoms. The topological polar surface area (TPSA) is 42.0 Å². The number of alkyl halides is 3. The number of pyridine rings is 1. The van der Waals surface area contributed by atoms with Crippen molar-refractivity contribution in [2.24, 2.45) is 0 Å². The second-order valence-electron chi connectivity index (χ2n) is 7.49. The zero-order valence-electron chi connectivity index (χ0n) is 17.2. The van der Waals surface area contributed by atoms with Gasteiger partial charge in [0, 0.05) is 10.9 Å². The van der Waals surface area contributed by atoms with Crippen LogP contribution in [0.25, 0.3) is 22.2 Å². The van der Waals surface area contributed by atoms with Gasteiger partial charge in [0.1, 0.15) is 0 Å². The number of nitrogens with one attached hydrogen (secondary N) is 1. The van der Waals surface area contributed by atoms with Gasteiger partial charge in [0.2, 0.25) is 0 Å². The molecule has 1 amide bonds. The van der Waals surface area contributed by atoms with Gasteiger partial charge in [-0.2, -0.15) is 13.2 Å². The summed E-state index contributed by atoms with van der Waals surface area (Å²) in [6.45, 7) is 3.75. The van der Waals surface area contributed by atoms with Crippen LogP contribution in [0.1, 0.15) is 27.0 Å². The van der Waals surface area contributed by atoms with Gasteiger partial charge in [-0.3, -0.25) is 4.79 Å². The van der Waals surface area contributed by atoms with Crippen molar-refractivity contribution >= 4 is 34.1 Å². The first-order valence-electron chi connectivity index (χ1n) is 9.79. The van der Waals surface area contributed by atoms with E-state index in [-0.39, 0.29) is 10.7 Å². The summed E-state index contributed by atoms with van der Waals surface area (Å²) in [6.07, 6.45) is -4.55. The minimum absolute atomic E-state index is 0.0149. The van der Waals surface area contributed by atoms with Gasteiger partial charge >= 0.3 is 6.18 Å². The maximum absolute atomic E-state index is 13.3. The number of carbonyl (C=O) groups excluding carboxylic acids is 1. The third-order valence-electron chi connectivity index (χ3n) is 5.23. The summed E-state index contributed by atoms with van der Waals surface area (Å²) in [4.78, 5) is 18.1. The highest BCUT2D eigenvalue weighted by molar-refractivity contribution is 6.34. The van der Waals surface area contributed by atoms with E-state index in [9.17, 15) is 18.0 Å². The molecule has 0 unspecified atom stereocenters. The molecule has 0 saturated carbocycles. The number of aryl methyl sites for hydroxylation is 1. The molecule has 1 heterocycles. The van der Waals surface area contributed by atoms with Crippen LogP contribution >= 0.6 is 11.6 Å². The molecule has 1 N–H and O–H groups in total. The lowest BCUT2D eigenvalue weighted by Crippen LogP contribution is -2.16. The van der Waals surface area contributed by atoms with E-state index in [0.717, 1.165) is 29.3 Å². The van der Waals surface area contributed by atoms with Crippen molar-refractivity contribution in [1.82, 2.24) is 4.98 Å². The molecule has 3 aromatic carbocycles. The van der Waals surface area contributed by atoms with Crippen LogP contribution in [0.3, 0.4) is 0 Å². The zero-order chi connectivity index (χ0) is 23.0. The number of hydrogen-bond donors (Lipinski definition) is 1. The molecule has 0 bridgehead atoms. The fourth-order valence-corrected chi connectivity index (χ4v) is 3.74. The third kappa shape index (κ3) is 4.18. The lowest BCUT2D eigenvalue weighted by molar-refractivity contribution is -0.137. The molecule has 4 aromatic rings. The monoisotopic (exact) mass is 454 g/mol. The van der Waals surface area contributed by atoms with Crippen molar-refractivity contribution in [3.05, 3.63) is 94.0 Å². The highest BCUT2D eigenvalue weighted by atomic mass is 35.5. The number of anilines is 1. The summed E-state index contributed by atoms with van der Waals surface area (Å²) in [5.41, 5.74) is 3.11. The van der Waals surface area contributed by atoms with Crippen molar-refractivity contribution < 1.29 is 18.0 Å². The molecule has 0 aliphatic rings. The normalized spacial score (nSPS) is 11.6. The fourth-order valence-electron chi connectivity index (χ4n) is 3.57. The van der Waals surface area contributed by atoms with E-state index in [2.05, 4.69) is 5.32 Å². The number of amides is 1. The van der Waals surface area contributed by atoms with Gasteiger partial charge in [-0.1, -0.05) is 59.6 Å². The number of aromatic nitrogens is 1. The maximum atomic E-state index is 13.3. The van der Waals surface area contributed by atoms with Gasteiger partial charge in [0.05, 0.1) is 33.0 Å². The Morgan fingerprint density at radius 3 is 2.34 bits per heavy atom. The van der Waals surface area contributed by atoms with Crippen LogP contribution in [0.5, 0.6) is 0 Å². The Balaban J connectivity index is 1.84. The molecule has 3 nitrogen and oxygen atoms in total. The Labute approximate surface area is 187 Å². The molecule has 0 aliphatic heterocycles. The summed E-state index contributed by atoms with van der Waals surface area (Å²) >= 11 is 6.08. The minimum Gasteiger partial charge on any atom is -0.321 e. The van der Waals surface area contributed by atoms with Crippen LogP contribution in [0.15, 0.2) is 66.7 Å². The highest BCUT2D eigenvalue weighted by Gasteiger charge is 2.31. The zero-order valence-corrected chi connectivity index (χ0v) is 18.0. The summed E-state index contributed by atoms with van der Waals surface area (Å²) in [5.74, 6) is -0.560. The van der Waals surface area contributed by atoms with Crippen molar-refractivity contribution in [2.45, 2.75) is 20.0 Å². The van der Waals surface area contributed by atoms with Crippen LogP contribution in [0.4, 0.5) is 18.9 Å². The van der Waals surface area contributed by atoms with Crippen LogP contribution in [0, 0.1) is 13.8 Å². The van der Waals surface area contributed by atoms with Crippen LogP contribution in [-0.4, -0.2) is 10.9 Å². The molecule has 32 heavy (non-hydrogen) atoms. The Kier molecular flexibility index (Phi) is 5.65. The molecular formula is C25H18ClF3N2O. The Hall–Kier alpha value is -3.38. The number of rotatable bonds is 3. The number of fused-ring (bicyclic) bond motifs is 1. The molecule has 0 fully saturated rings. The SMILES string of the molecule is Cc1ccc(-c2nc3ccccc3c(C(=O)Nc3cc(C(F)(F)F)ccc3Cl)c2C)cc1. The number of benzene rings is 3. The summed E-state index contributed by atoms with van der Waals surface area (Å²) in [5, 5.41) is 3.17. The number of para-hydroxylation sites is 1. The second-order valence-corrected chi connectivity index (χ2v) is 7.90. The average molecular weight is 455 g/mol. The Bertz CT molecular complexity index is 1330. The van der Waals surface area contributed by atoms with Gasteiger partial charge in [0.15, 0.2) is 0 Å². The van der Waals surface area contributed by atoms with Gasteiger partial charge < -0.3 is 5.32 Å². The quantitative estimate of drug-likeness (QED) is 0.349. The maximum Gasteiger partial charge on any atom is 0.416 e. The van der Waals surface area contributed by atoms with Crippen LogP contribution in [0.2, 0.25) is 5.02 Å². The standard InChI is InChI=1S/C25H18ClF3N2O/c1-14-7-9-16(10-8-14)23-15(2)22(18-5-3-4-6-20(18)30-23)24(32)31-21-13-17(25(27,28)29)11-12-19(21)26/h3-13H,1-2H3,(H,31,32). The van der Waals surface area contributed by atoms with Gasteiger partial charge in [-0.25, -0.2) is 4.98 Å². The van der Waals surface area contributed by atoms with Crippen LogP contribution < -0.4 is 5.32 Å². The summed E-state index contributed by atoms with van der Waals surface area (Å²) < 4.78 is 39.4. The predicted molar refractivity (Wildman–Crippen MR) is 121 cm³/mol. The van der Waals surface area contributed by atoms with Gasteiger partial charge in [-0.05, 0) is 43.7 Å². The molecule has 0 spiro atoms. The number of hydrogen-bond acceptors (Lipinski definition) is 2. The molecule has 0 saturated heterocycles. The Morgan fingerprint density at radius 2 is 1.66 bits per heavy atom. The average Bonchev–Trinajstić information content (AvgIpc) is 2.74. The smallest absolute Gasteiger partial charge is 0.321 e. The largest absolute Gasteiger partial charge is 0.416 e. The molecule has 0 radical (unpaired) electrons. The Morgan fingerprint density at radius 1 is 0.969 bits per heavy atom. The lowest BCUT2D eigenvalue weighted by atomic mass is 9.96. The van der Waals surface area contributed by atoms with E-state index >= 15 is 0 Å². The van der Waals surface area contributed by atoms with Crippen molar-refractivity contribution in [1.29, 1.82) is 0 Å². The molecule has 162 valence electrons. The van der Waals surface area contributed by atoms with Crippen LogP contribution in [-0.2, 0) is 6.18 Å². The lowest BCUT2D eigenvalue weighted by Gasteiger charge is -2.16. The van der Waals surface area contributed by atoms with E-state index in [1.807, 2.05) is 37.3 Å². The van der Waals surface area contributed by atoms with Gasteiger partial charge in [0.25, 0.3) is 5.91 Å². The van der Waals surface area contributed by atoms with E-state index in [0.29, 0.717) is 27.7 Å². The molecule has 0 atom stereocenters. The van der Waals surface area contributed by atoms with E-state index in [4.69, 9.17) is 16.6 Å². The summed E-state index contributed by atoms with van der Waals surface area (Å²) in [6, 6.07) is 17.7. The number of halogens is 4. The molecule has 1 aromatic heterocycles. The van der Waals surface area contributed by atoms with E-state index in [1.54, 1.807) is 25.1 Å². The highest BCUT2D eigenvalue weighted by Crippen LogP contribution is 2.35. The molecule has 4 rings (SSSR count).